The summed E-state index contributed by atoms with van der Waals surface area (Å²) in [5.74, 6) is 0.998. The molecule has 3 heterocycles. The molecule has 0 fully saturated rings. The van der Waals surface area contributed by atoms with Gasteiger partial charge in [0, 0.05) is 19.5 Å². The molecule has 1 amide bonds. The molecule has 0 bridgehead atoms. The van der Waals surface area contributed by atoms with Crippen LogP contribution in [0.5, 0.6) is 5.75 Å². The number of hydrogen-bond acceptors (Lipinski definition) is 5. The quantitative estimate of drug-likeness (QED) is 0.769. The van der Waals surface area contributed by atoms with Gasteiger partial charge in [-0.25, -0.2) is 4.98 Å². The van der Waals surface area contributed by atoms with Crippen molar-refractivity contribution in [1.82, 2.24) is 14.9 Å². The molecule has 1 aromatic carbocycles. The Bertz CT molecular complexity index is 1050. The first-order valence-electron chi connectivity index (χ1n) is 8.48. The molecule has 1 aliphatic heterocycles. The normalized spacial score (nSPS) is 16.2. The Hall–Kier alpha value is -2.67. The highest BCUT2D eigenvalue weighted by Gasteiger charge is 2.22. The van der Waals surface area contributed by atoms with E-state index in [0.717, 1.165) is 12.2 Å². The fraction of sp³-hybridized carbons (Fsp3) is 0.316. The molecule has 3 aromatic rings. The van der Waals surface area contributed by atoms with Crippen molar-refractivity contribution in [3.05, 3.63) is 57.0 Å². The van der Waals surface area contributed by atoms with Gasteiger partial charge in [0.1, 0.15) is 10.6 Å². The number of nitrogens with one attached hydrogen (secondary N) is 1. The average molecular weight is 369 g/mol. The van der Waals surface area contributed by atoms with E-state index in [4.69, 9.17) is 4.74 Å². The van der Waals surface area contributed by atoms with Gasteiger partial charge in [-0.2, -0.15) is 0 Å². The van der Waals surface area contributed by atoms with Crippen molar-refractivity contribution in [2.75, 3.05) is 13.2 Å². The minimum Gasteiger partial charge on any atom is -0.493 e. The molecule has 1 N–H and O–H groups in total. The summed E-state index contributed by atoms with van der Waals surface area (Å²) in [6.07, 6.45) is 2.36. The van der Waals surface area contributed by atoms with Crippen molar-refractivity contribution in [2.45, 2.75) is 13.3 Å². The maximum absolute atomic E-state index is 12.6. The second kappa shape index (κ2) is 6.57. The topological polar surface area (TPSA) is 73.2 Å². The predicted octanol–water partition coefficient (Wildman–Crippen LogP) is 2.28. The number of carbonyl (C=O) groups is 1. The second-order valence-corrected chi connectivity index (χ2v) is 7.59. The molecule has 2 aromatic heterocycles. The number of aromatic nitrogens is 2. The number of nitrogens with zero attached hydrogens (tertiary/aromatic N) is 2. The lowest BCUT2D eigenvalue weighted by Gasteiger charge is -2.25. The molecule has 1 unspecified atom stereocenters. The molecule has 0 aliphatic carbocycles. The van der Waals surface area contributed by atoms with Crippen molar-refractivity contribution in [1.29, 1.82) is 0 Å². The number of ether oxygens (including phenoxy) is 1. The Kier molecular flexibility index (Phi) is 4.24. The van der Waals surface area contributed by atoms with Crippen LogP contribution in [-0.4, -0.2) is 28.6 Å². The molecule has 0 radical (unpaired) electrons. The van der Waals surface area contributed by atoms with Crippen LogP contribution in [0.25, 0.3) is 10.2 Å². The number of para-hydroxylation sites is 1. The first-order valence-corrected chi connectivity index (χ1v) is 9.30. The number of rotatable bonds is 3. The van der Waals surface area contributed by atoms with E-state index in [9.17, 15) is 9.59 Å². The molecule has 0 saturated heterocycles. The van der Waals surface area contributed by atoms with Gasteiger partial charge >= 0.3 is 0 Å². The fourth-order valence-corrected chi connectivity index (χ4v) is 4.32. The molecule has 134 valence electrons. The molecular formula is C19H19N3O3S. The molecule has 4 rings (SSSR count). The predicted molar refractivity (Wildman–Crippen MR) is 101 cm³/mol. The molecule has 26 heavy (non-hydrogen) atoms. The summed E-state index contributed by atoms with van der Waals surface area (Å²) in [7, 11) is 1.66. The Balaban J connectivity index is 1.49. The number of benzene rings is 1. The molecule has 1 aliphatic rings. The van der Waals surface area contributed by atoms with Crippen LogP contribution in [0.2, 0.25) is 0 Å². The summed E-state index contributed by atoms with van der Waals surface area (Å²) in [6, 6.07) is 7.99. The summed E-state index contributed by atoms with van der Waals surface area (Å²) in [4.78, 5) is 30.3. The molecule has 1 atom stereocenters. The number of aryl methyl sites for hydroxylation is 2. The third-order valence-corrected chi connectivity index (χ3v) is 5.92. The van der Waals surface area contributed by atoms with Crippen molar-refractivity contribution in [3.8, 4) is 5.75 Å². The van der Waals surface area contributed by atoms with Gasteiger partial charge in [-0.05, 0) is 30.5 Å². The maximum Gasteiger partial charge on any atom is 0.262 e. The summed E-state index contributed by atoms with van der Waals surface area (Å²) in [5, 5.41) is 3.52. The summed E-state index contributed by atoms with van der Waals surface area (Å²) in [5.41, 5.74) is 1.74. The largest absolute Gasteiger partial charge is 0.493 e. The molecular weight excluding hydrogens is 350 g/mol. The number of thiophene rings is 1. The van der Waals surface area contributed by atoms with Crippen molar-refractivity contribution in [3.63, 3.8) is 0 Å². The standard InChI is InChI=1S/C19H19N3O3S/c1-11-15-18(21-10-22(2)19(15)24)26-16(11)17(23)20-8-12-7-13-5-3-4-6-14(13)25-9-12/h3-6,10,12H,7-9H2,1-2H3,(H,20,23). The lowest BCUT2D eigenvalue weighted by atomic mass is 9.97. The minimum atomic E-state index is -0.161. The van der Waals surface area contributed by atoms with Gasteiger partial charge in [-0.3, -0.25) is 9.59 Å². The highest BCUT2D eigenvalue weighted by Crippen LogP contribution is 2.28. The fourth-order valence-electron chi connectivity index (χ4n) is 3.26. The SMILES string of the molecule is Cc1c(C(=O)NCC2COc3ccccc3C2)sc2ncn(C)c(=O)c12. The van der Waals surface area contributed by atoms with E-state index in [-0.39, 0.29) is 17.4 Å². The molecule has 7 heteroatoms. The number of hydrogen-bond donors (Lipinski definition) is 1. The van der Waals surface area contributed by atoms with Gasteiger partial charge in [0.25, 0.3) is 11.5 Å². The van der Waals surface area contributed by atoms with Crippen LogP contribution in [-0.2, 0) is 13.5 Å². The van der Waals surface area contributed by atoms with Gasteiger partial charge in [-0.1, -0.05) is 18.2 Å². The first kappa shape index (κ1) is 16.8. The van der Waals surface area contributed by atoms with E-state index in [0.29, 0.717) is 33.8 Å². The third kappa shape index (κ3) is 2.88. The van der Waals surface area contributed by atoms with E-state index >= 15 is 0 Å². The number of carbonyl (C=O) groups excluding carboxylic acids is 1. The van der Waals surface area contributed by atoms with E-state index in [1.54, 1.807) is 14.0 Å². The van der Waals surface area contributed by atoms with Gasteiger partial charge in [0.2, 0.25) is 0 Å². The van der Waals surface area contributed by atoms with E-state index in [1.807, 2.05) is 18.2 Å². The van der Waals surface area contributed by atoms with Crippen LogP contribution in [0.15, 0.2) is 35.4 Å². The van der Waals surface area contributed by atoms with Crippen LogP contribution < -0.4 is 15.6 Å². The first-order chi connectivity index (χ1) is 12.5. The third-order valence-electron chi connectivity index (χ3n) is 4.72. The highest BCUT2D eigenvalue weighted by atomic mass is 32.1. The van der Waals surface area contributed by atoms with Crippen molar-refractivity contribution in [2.24, 2.45) is 13.0 Å². The Morgan fingerprint density at radius 2 is 2.23 bits per heavy atom. The van der Waals surface area contributed by atoms with E-state index < -0.39 is 0 Å². The van der Waals surface area contributed by atoms with Crippen LogP contribution in [0.4, 0.5) is 0 Å². The van der Waals surface area contributed by atoms with Gasteiger partial charge in [-0.15, -0.1) is 11.3 Å². The van der Waals surface area contributed by atoms with Crippen LogP contribution in [0.3, 0.4) is 0 Å². The molecule has 0 spiro atoms. The smallest absolute Gasteiger partial charge is 0.262 e. The average Bonchev–Trinajstić information content (AvgIpc) is 3.00. The summed E-state index contributed by atoms with van der Waals surface area (Å²) < 4.78 is 7.20. The maximum atomic E-state index is 12.6. The number of amides is 1. The monoisotopic (exact) mass is 369 g/mol. The lowest BCUT2D eigenvalue weighted by molar-refractivity contribution is 0.0942. The number of fused-ring (bicyclic) bond motifs is 2. The Morgan fingerprint density at radius 1 is 1.42 bits per heavy atom. The van der Waals surface area contributed by atoms with E-state index in [1.165, 1.54) is 27.8 Å². The zero-order valence-corrected chi connectivity index (χ0v) is 15.4. The Labute approximate surface area is 154 Å². The summed E-state index contributed by atoms with van der Waals surface area (Å²) in [6.45, 7) is 2.92. The van der Waals surface area contributed by atoms with Crippen LogP contribution >= 0.6 is 11.3 Å². The van der Waals surface area contributed by atoms with Gasteiger partial charge in [0.15, 0.2) is 0 Å². The second-order valence-electron chi connectivity index (χ2n) is 6.60. The molecule has 6 nitrogen and oxygen atoms in total. The lowest BCUT2D eigenvalue weighted by Crippen LogP contribution is -2.34. The van der Waals surface area contributed by atoms with Crippen molar-refractivity contribution < 1.29 is 9.53 Å². The Morgan fingerprint density at radius 3 is 3.08 bits per heavy atom. The van der Waals surface area contributed by atoms with Gasteiger partial charge in [0.05, 0.1) is 23.2 Å². The van der Waals surface area contributed by atoms with E-state index in [2.05, 4.69) is 16.4 Å². The highest BCUT2D eigenvalue weighted by molar-refractivity contribution is 7.20. The minimum absolute atomic E-state index is 0.125. The van der Waals surface area contributed by atoms with Crippen LogP contribution in [0.1, 0.15) is 20.8 Å². The van der Waals surface area contributed by atoms with Gasteiger partial charge < -0.3 is 14.6 Å². The zero-order valence-electron chi connectivity index (χ0n) is 14.6. The van der Waals surface area contributed by atoms with Crippen LogP contribution in [0, 0.1) is 12.8 Å². The summed E-state index contributed by atoms with van der Waals surface area (Å²) >= 11 is 1.26. The zero-order chi connectivity index (χ0) is 18.3. The molecule has 0 saturated carbocycles. The van der Waals surface area contributed by atoms with Crippen molar-refractivity contribution >= 4 is 27.5 Å².